The molecule has 29 heavy (non-hydrogen) atoms. The molecule has 150 valence electrons. The van der Waals surface area contributed by atoms with Crippen molar-refractivity contribution in [1.82, 2.24) is 9.55 Å². The number of anilines is 1. The zero-order chi connectivity index (χ0) is 21.1. The van der Waals surface area contributed by atoms with Crippen LogP contribution in [0.4, 0.5) is 5.82 Å². The quantitative estimate of drug-likeness (QED) is 0.725. The lowest BCUT2D eigenvalue weighted by Gasteiger charge is -2.19. The molecule has 0 aromatic carbocycles. The number of carbonyl (C=O) groups excluding carboxylic acids is 1. The maximum atomic E-state index is 12.7. The number of amides is 1. The largest absolute Gasteiger partial charge is 0.327 e. The van der Waals surface area contributed by atoms with E-state index in [1.807, 2.05) is 33.8 Å². The third-order valence-electron chi connectivity index (χ3n) is 5.58. The van der Waals surface area contributed by atoms with E-state index in [2.05, 4.69) is 27.0 Å². The first-order valence-electron chi connectivity index (χ1n) is 9.79. The monoisotopic (exact) mass is 407 g/mol. The van der Waals surface area contributed by atoms with Crippen LogP contribution in [-0.2, 0) is 4.79 Å². The molecule has 1 saturated carbocycles. The van der Waals surface area contributed by atoms with Crippen molar-refractivity contribution in [1.29, 1.82) is 10.5 Å². The maximum absolute atomic E-state index is 12.7. The highest BCUT2D eigenvalue weighted by atomic mass is 32.2. The summed E-state index contributed by atoms with van der Waals surface area (Å²) in [5.74, 6) is 0.533. The Balaban J connectivity index is 1.83. The second-order valence-electron chi connectivity index (χ2n) is 7.56. The van der Waals surface area contributed by atoms with Gasteiger partial charge in [0.25, 0.3) is 0 Å². The van der Waals surface area contributed by atoms with Crippen LogP contribution in [-0.4, -0.2) is 21.2 Å². The van der Waals surface area contributed by atoms with Crippen molar-refractivity contribution in [3.8, 4) is 12.1 Å². The van der Waals surface area contributed by atoms with Crippen LogP contribution in [0.2, 0.25) is 0 Å². The second-order valence-corrected chi connectivity index (χ2v) is 8.53. The van der Waals surface area contributed by atoms with Gasteiger partial charge in [-0.1, -0.05) is 24.6 Å². The highest BCUT2D eigenvalue weighted by molar-refractivity contribution is 8.00. The summed E-state index contributed by atoms with van der Waals surface area (Å²) >= 11 is 1.25. The molecule has 2 heterocycles. The van der Waals surface area contributed by atoms with Gasteiger partial charge in [-0.15, -0.1) is 0 Å². The molecule has 3 rings (SSSR count). The van der Waals surface area contributed by atoms with Crippen LogP contribution in [0.25, 0.3) is 0 Å². The van der Waals surface area contributed by atoms with E-state index < -0.39 is 0 Å². The highest BCUT2D eigenvalue weighted by Crippen LogP contribution is 2.37. The third kappa shape index (κ3) is 4.16. The number of carbonyl (C=O) groups is 1. The first-order chi connectivity index (χ1) is 13.9. The van der Waals surface area contributed by atoms with Crippen LogP contribution in [0.3, 0.4) is 0 Å². The first-order valence-corrected chi connectivity index (χ1v) is 10.8. The lowest BCUT2D eigenvalue weighted by Crippen LogP contribution is -2.20. The van der Waals surface area contributed by atoms with Crippen LogP contribution < -0.4 is 5.32 Å². The molecule has 1 amide bonds. The molecule has 1 aliphatic rings. The zero-order valence-corrected chi connectivity index (χ0v) is 18.1. The standard InChI is InChI=1S/C22H25N5OS/c1-13-9-14(2)25-22(18(13)10-23)29-12-20(28)26-21-19(11-24)15(3)16(4)27(21)17-7-5-6-8-17/h9,17H,5-8,12H2,1-4H3,(H,26,28). The van der Waals surface area contributed by atoms with Gasteiger partial charge in [0.15, 0.2) is 0 Å². The summed E-state index contributed by atoms with van der Waals surface area (Å²) < 4.78 is 2.14. The Morgan fingerprint density at radius 3 is 2.48 bits per heavy atom. The van der Waals surface area contributed by atoms with Gasteiger partial charge in [0.2, 0.25) is 5.91 Å². The Hall–Kier alpha value is -2.77. The fraction of sp³-hybridized carbons (Fsp3) is 0.455. The number of aryl methyl sites for hydroxylation is 2. The molecule has 7 heteroatoms. The molecule has 0 atom stereocenters. The Kier molecular flexibility index (Phi) is 6.30. The number of pyridine rings is 1. The number of aromatic nitrogens is 2. The fourth-order valence-corrected chi connectivity index (χ4v) is 4.95. The van der Waals surface area contributed by atoms with Crippen molar-refractivity contribution in [2.24, 2.45) is 0 Å². The highest BCUT2D eigenvalue weighted by Gasteiger charge is 2.26. The predicted octanol–water partition coefficient (Wildman–Crippen LogP) is 4.71. The van der Waals surface area contributed by atoms with E-state index in [-0.39, 0.29) is 11.7 Å². The van der Waals surface area contributed by atoms with Crippen LogP contribution in [0.15, 0.2) is 11.1 Å². The molecule has 1 aliphatic carbocycles. The number of nitriles is 2. The molecule has 0 radical (unpaired) electrons. The minimum atomic E-state index is -0.201. The molecule has 0 saturated heterocycles. The Morgan fingerprint density at radius 1 is 1.21 bits per heavy atom. The van der Waals surface area contributed by atoms with Gasteiger partial charge in [-0.2, -0.15) is 10.5 Å². The van der Waals surface area contributed by atoms with E-state index in [9.17, 15) is 15.3 Å². The van der Waals surface area contributed by atoms with Gasteiger partial charge in [0, 0.05) is 17.4 Å². The maximum Gasteiger partial charge on any atom is 0.235 e. The summed E-state index contributed by atoms with van der Waals surface area (Å²) in [7, 11) is 0. The van der Waals surface area contributed by atoms with Crippen molar-refractivity contribution < 1.29 is 4.79 Å². The predicted molar refractivity (Wildman–Crippen MR) is 114 cm³/mol. The molecule has 2 aromatic heterocycles. The number of nitrogens with one attached hydrogen (secondary N) is 1. The topological polar surface area (TPSA) is 94.5 Å². The smallest absolute Gasteiger partial charge is 0.235 e. The van der Waals surface area contributed by atoms with Gasteiger partial charge < -0.3 is 9.88 Å². The van der Waals surface area contributed by atoms with E-state index in [4.69, 9.17) is 0 Å². The second kappa shape index (κ2) is 8.71. The van der Waals surface area contributed by atoms with Gasteiger partial charge >= 0.3 is 0 Å². The minimum absolute atomic E-state index is 0.128. The van der Waals surface area contributed by atoms with Crippen LogP contribution in [0.5, 0.6) is 0 Å². The molecule has 0 spiro atoms. The SMILES string of the molecule is Cc1cc(C)c(C#N)c(SCC(=O)Nc2c(C#N)c(C)c(C)n2C2CCCC2)n1. The summed E-state index contributed by atoms with van der Waals surface area (Å²) in [5.41, 5.74) is 4.68. The Bertz CT molecular complexity index is 1040. The fourth-order valence-electron chi connectivity index (χ4n) is 4.05. The molecule has 6 nitrogen and oxygen atoms in total. The summed E-state index contributed by atoms with van der Waals surface area (Å²) in [6.45, 7) is 7.69. The average Bonchev–Trinajstić information content (AvgIpc) is 3.27. The first kappa shape index (κ1) is 21.0. The van der Waals surface area contributed by atoms with Gasteiger partial charge in [-0.3, -0.25) is 4.79 Å². The van der Waals surface area contributed by atoms with Crippen LogP contribution in [0.1, 0.15) is 65.4 Å². The molecule has 2 aromatic rings. The number of nitrogens with zero attached hydrogens (tertiary/aromatic N) is 4. The molecule has 0 bridgehead atoms. The summed E-state index contributed by atoms with van der Waals surface area (Å²) in [4.78, 5) is 17.2. The average molecular weight is 408 g/mol. The van der Waals surface area contributed by atoms with Crippen molar-refractivity contribution >= 4 is 23.5 Å². The molecule has 0 aliphatic heterocycles. The summed E-state index contributed by atoms with van der Waals surface area (Å²) in [5, 5.41) is 22.6. The molecule has 1 fully saturated rings. The van der Waals surface area contributed by atoms with E-state index in [1.165, 1.54) is 24.6 Å². The minimum Gasteiger partial charge on any atom is -0.327 e. The normalized spacial score (nSPS) is 13.9. The van der Waals surface area contributed by atoms with E-state index in [1.54, 1.807) is 0 Å². The van der Waals surface area contributed by atoms with Gasteiger partial charge in [0.05, 0.1) is 16.9 Å². The summed E-state index contributed by atoms with van der Waals surface area (Å²) in [6, 6.07) is 6.63. The van der Waals surface area contributed by atoms with Crippen LogP contribution in [0, 0.1) is 50.4 Å². The number of hydrogen-bond donors (Lipinski definition) is 1. The number of hydrogen-bond acceptors (Lipinski definition) is 5. The Labute approximate surface area is 175 Å². The van der Waals surface area contributed by atoms with Crippen molar-refractivity contribution in [3.63, 3.8) is 0 Å². The van der Waals surface area contributed by atoms with E-state index >= 15 is 0 Å². The molecule has 1 N–H and O–H groups in total. The van der Waals surface area contributed by atoms with Crippen molar-refractivity contribution in [2.45, 2.75) is 64.4 Å². The molecular formula is C22H25N5OS. The zero-order valence-electron chi connectivity index (χ0n) is 17.3. The van der Waals surface area contributed by atoms with Crippen molar-refractivity contribution in [2.75, 3.05) is 11.1 Å². The lowest BCUT2D eigenvalue weighted by atomic mass is 10.1. The lowest BCUT2D eigenvalue weighted by molar-refractivity contribution is -0.113. The van der Waals surface area contributed by atoms with Gasteiger partial charge in [-0.05, 0) is 57.7 Å². The summed E-state index contributed by atoms with van der Waals surface area (Å²) in [6.07, 6.45) is 4.47. The van der Waals surface area contributed by atoms with Crippen molar-refractivity contribution in [3.05, 3.63) is 39.7 Å². The Morgan fingerprint density at radius 2 is 1.86 bits per heavy atom. The van der Waals surface area contributed by atoms with Gasteiger partial charge in [0.1, 0.15) is 23.0 Å². The molecule has 0 unspecified atom stereocenters. The molecular weight excluding hydrogens is 382 g/mol. The van der Waals surface area contributed by atoms with Crippen LogP contribution >= 0.6 is 11.8 Å². The van der Waals surface area contributed by atoms with E-state index in [0.29, 0.717) is 28.0 Å². The van der Waals surface area contributed by atoms with Gasteiger partial charge in [-0.25, -0.2) is 4.98 Å². The number of thioether (sulfide) groups is 1. The third-order valence-corrected chi connectivity index (χ3v) is 6.55. The van der Waals surface area contributed by atoms with E-state index in [0.717, 1.165) is 35.4 Å². The number of rotatable bonds is 5.